The molecule has 164 valence electrons. The third-order valence-electron chi connectivity index (χ3n) is 4.64. The number of amides is 1. The quantitative estimate of drug-likeness (QED) is 0.253. The van der Waals surface area contributed by atoms with Gasteiger partial charge in [-0.15, -0.1) is 10.2 Å². The van der Waals surface area contributed by atoms with E-state index in [1.54, 1.807) is 7.11 Å². The summed E-state index contributed by atoms with van der Waals surface area (Å²) >= 11 is 4.65. The zero-order valence-corrected chi connectivity index (χ0v) is 19.7. The molecule has 0 spiro atoms. The van der Waals surface area contributed by atoms with Gasteiger partial charge in [0.1, 0.15) is 11.4 Å². The molecule has 0 unspecified atom stereocenters. The maximum absolute atomic E-state index is 12.3. The summed E-state index contributed by atoms with van der Waals surface area (Å²) < 4.78 is 7.51. The second kappa shape index (κ2) is 9.45. The first-order valence-electron chi connectivity index (χ1n) is 9.54. The molecular weight excluding hydrogens is 494 g/mol. The molecule has 0 aliphatic carbocycles. The number of aromatic nitrogens is 5. The first-order chi connectivity index (χ1) is 15.4. The van der Waals surface area contributed by atoms with Crippen LogP contribution < -0.4 is 15.9 Å². The van der Waals surface area contributed by atoms with E-state index in [0.29, 0.717) is 16.7 Å². The van der Waals surface area contributed by atoms with E-state index in [2.05, 4.69) is 41.6 Å². The molecule has 0 saturated heterocycles. The number of anilines is 1. The van der Waals surface area contributed by atoms with Crippen molar-refractivity contribution in [3.63, 3.8) is 0 Å². The number of benzene rings is 2. The molecule has 0 fully saturated rings. The highest BCUT2D eigenvalue weighted by Gasteiger charge is 2.16. The molecule has 9 nitrogen and oxygen atoms in total. The topological polar surface area (TPSA) is 124 Å². The van der Waals surface area contributed by atoms with Crippen LogP contribution in [0.4, 0.5) is 5.69 Å². The van der Waals surface area contributed by atoms with Crippen molar-refractivity contribution in [1.29, 1.82) is 0 Å². The van der Waals surface area contributed by atoms with Crippen LogP contribution in [0.5, 0.6) is 5.75 Å². The van der Waals surface area contributed by atoms with Crippen LogP contribution in [-0.2, 0) is 4.79 Å². The van der Waals surface area contributed by atoms with Crippen molar-refractivity contribution in [2.24, 2.45) is 0 Å². The highest BCUT2D eigenvalue weighted by Crippen LogP contribution is 2.26. The first kappa shape index (κ1) is 21.9. The number of aromatic amines is 1. The lowest BCUT2D eigenvalue weighted by Gasteiger charge is -2.07. The van der Waals surface area contributed by atoms with Crippen molar-refractivity contribution in [3.05, 3.63) is 58.6 Å². The van der Waals surface area contributed by atoms with Crippen molar-refractivity contribution in [2.75, 3.05) is 24.0 Å². The van der Waals surface area contributed by atoms with Crippen LogP contribution in [0.25, 0.3) is 22.8 Å². The molecule has 2 aromatic carbocycles. The lowest BCUT2D eigenvalue weighted by molar-refractivity contribution is -0.113. The number of H-pyrrole nitrogens is 1. The standard InChI is InChI=1S/C21H20BrN7O2S/c1-12-9-14(5-8-16(12)22)24-19(30)11-32-21-28-27-20(29(21)23)18-10-17(25-26-18)13-3-6-15(31-2)7-4-13/h3-10H,11,23H2,1-2H3,(H,24,30)(H,25,26). The maximum atomic E-state index is 12.3. The molecule has 32 heavy (non-hydrogen) atoms. The molecule has 4 aromatic rings. The van der Waals surface area contributed by atoms with Gasteiger partial charge in [-0.1, -0.05) is 27.7 Å². The Hall–Kier alpha value is -3.31. The average Bonchev–Trinajstić information content (AvgIpc) is 3.42. The van der Waals surface area contributed by atoms with E-state index in [4.69, 9.17) is 10.6 Å². The van der Waals surface area contributed by atoms with Crippen LogP contribution in [0.2, 0.25) is 0 Å². The number of carbonyl (C=O) groups is 1. The van der Waals surface area contributed by atoms with Gasteiger partial charge in [0.15, 0.2) is 0 Å². The molecule has 0 radical (unpaired) electrons. The van der Waals surface area contributed by atoms with Gasteiger partial charge in [0.2, 0.25) is 16.9 Å². The Balaban J connectivity index is 1.41. The van der Waals surface area contributed by atoms with Gasteiger partial charge >= 0.3 is 0 Å². The third-order valence-corrected chi connectivity index (χ3v) is 6.48. The molecule has 0 saturated carbocycles. The smallest absolute Gasteiger partial charge is 0.234 e. The largest absolute Gasteiger partial charge is 0.497 e. The molecule has 4 rings (SSSR count). The normalized spacial score (nSPS) is 10.8. The fourth-order valence-corrected chi connectivity index (χ4v) is 3.86. The number of hydrogen-bond acceptors (Lipinski definition) is 7. The molecular formula is C21H20BrN7O2S. The van der Waals surface area contributed by atoms with E-state index in [-0.39, 0.29) is 11.7 Å². The van der Waals surface area contributed by atoms with E-state index >= 15 is 0 Å². The molecule has 0 bridgehead atoms. The van der Waals surface area contributed by atoms with Crippen molar-refractivity contribution in [3.8, 4) is 28.5 Å². The van der Waals surface area contributed by atoms with Crippen LogP contribution >= 0.6 is 27.7 Å². The van der Waals surface area contributed by atoms with Crippen LogP contribution in [0.1, 0.15) is 5.56 Å². The molecule has 2 aromatic heterocycles. The van der Waals surface area contributed by atoms with Crippen molar-refractivity contribution >= 4 is 39.3 Å². The molecule has 0 atom stereocenters. The van der Waals surface area contributed by atoms with Gasteiger partial charge in [0.05, 0.1) is 18.6 Å². The van der Waals surface area contributed by atoms with Crippen LogP contribution in [-0.4, -0.2) is 43.8 Å². The molecule has 0 aliphatic heterocycles. The zero-order chi connectivity index (χ0) is 22.7. The number of carbonyl (C=O) groups excluding carboxylic acids is 1. The highest BCUT2D eigenvalue weighted by molar-refractivity contribution is 9.10. The van der Waals surface area contributed by atoms with Crippen molar-refractivity contribution in [1.82, 2.24) is 25.1 Å². The van der Waals surface area contributed by atoms with Crippen molar-refractivity contribution in [2.45, 2.75) is 12.1 Å². The molecule has 1 amide bonds. The van der Waals surface area contributed by atoms with Crippen LogP contribution in [0.15, 0.2) is 58.2 Å². The summed E-state index contributed by atoms with van der Waals surface area (Å²) in [5.74, 6) is 7.34. The minimum atomic E-state index is -0.162. The summed E-state index contributed by atoms with van der Waals surface area (Å²) in [5, 5.41) is 18.8. The lowest BCUT2D eigenvalue weighted by Crippen LogP contribution is -2.16. The number of aryl methyl sites for hydroxylation is 1. The van der Waals surface area contributed by atoms with Gasteiger partial charge < -0.3 is 15.9 Å². The number of methoxy groups -OCH3 is 1. The van der Waals surface area contributed by atoms with Gasteiger partial charge in [0.25, 0.3) is 0 Å². The number of nitrogens with one attached hydrogen (secondary N) is 2. The number of hydrogen-bond donors (Lipinski definition) is 3. The molecule has 0 aliphatic rings. The maximum Gasteiger partial charge on any atom is 0.234 e. The summed E-state index contributed by atoms with van der Waals surface area (Å²) in [6.45, 7) is 1.96. The summed E-state index contributed by atoms with van der Waals surface area (Å²) in [4.78, 5) is 12.3. The second-order valence-electron chi connectivity index (χ2n) is 6.87. The number of ether oxygens (including phenoxy) is 1. The van der Waals surface area contributed by atoms with E-state index < -0.39 is 0 Å². The fraction of sp³-hybridized carbons (Fsp3) is 0.143. The van der Waals surface area contributed by atoms with Gasteiger partial charge in [0, 0.05) is 15.7 Å². The van der Waals surface area contributed by atoms with Crippen molar-refractivity contribution < 1.29 is 9.53 Å². The summed E-state index contributed by atoms with van der Waals surface area (Å²) in [6, 6.07) is 15.0. The predicted octanol–water partition coefficient (Wildman–Crippen LogP) is 3.86. The number of thioether (sulfide) groups is 1. The Morgan fingerprint density at radius 3 is 2.72 bits per heavy atom. The summed E-state index contributed by atoms with van der Waals surface area (Å²) in [5.41, 5.74) is 4.05. The minimum absolute atomic E-state index is 0.143. The third kappa shape index (κ3) is 4.78. The van der Waals surface area contributed by atoms with Gasteiger partial charge in [-0.05, 0) is 61.0 Å². The Kier molecular flexibility index (Phi) is 6.47. The number of nitrogens with two attached hydrogens (primary N) is 1. The van der Waals surface area contributed by atoms with Gasteiger partial charge in [-0.25, -0.2) is 4.68 Å². The Labute approximate surface area is 196 Å². The minimum Gasteiger partial charge on any atom is -0.497 e. The Morgan fingerprint density at radius 1 is 1.22 bits per heavy atom. The van der Waals surface area contributed by atoms with E-state index in [1.807, 2.05) is 55.5 Å². The lowest BCUT2D eigenvalue weighted by atomic mass is 10.1. The molecule has 11 heteroatoms. The predicted molar refractivity (Wildman–Crippen MR) is 128 cm³/mol. The summed E-state index contributed by atoms with van der Waals surface area (Å²) in [6.07, 6.45) is 0. The van der Waals surface area contributed by atoms with Gasteiger partial charge in [-0.2, -0.15) is 5.10 Å². The fourth-order valence-electron chi connectivity index (χ4n) is 2.95. The molecule has 4 N–H and O–H groups in total. The zero-order valence-electron chi connectivity index (χ0n) is 17.3. The van der Waals surface area contributed by atoms with E-state index in [1.165, 1.54) is 16.4 Å². The van der Waals surface area contributed by atoms with E-state index in [9.17, 15) is 4.79 Å². The number of nitrogens with zero attached hydrogens (tertiary/aromatic N) is 4. The van der Waals surface area contributed by atoms with Crippen LogP contribution in [0.3, 0.4) is 0 Å². The average molecular weight is 514 g/mol. The van der Waals surface area contributed by atoms with E-state index in [0.717, 1.165) is 32.7 Å². The van der Waals surface area contributed by atoms with Crippen LogP contribution in [0, 0.1) is 6.92 Å². The Bertz CT molecular complexity index is 1250. The van der Waals surface area contributed by atoms with Gasteiger partial charge in [-0.3, -0.25) is 9.89 Å². The first-order valence-corrected chi connectivity index (χ1v) is 11.3. The monoisotopic (exact) mass is 513 g/mol. The second-order valence-corrected chi connectivity index (χ2v) is 8.67. The highest BCUT2D eigenvalue weighted by atomic mass is 79.9. The number of halogens is 1. The molecule has 2 heterocycles. The SMILES string of the molecule is COc1ccc(-c2cc(-c3nnc(SCC(=O)Nc4ccc(Br)c(C)c4)n3N)[nH]n2)cc1. The summed E-state index contributed by atoms with van der Waals surface area (Å²) in [7, 11) is 1.62. The Morgan fingerprint density at radius 2 is 2.00 bits per heavy atom. The number of rotatable bonds is 7. The number of nitrogen functional groups attached to an aromatic ring is 1.